The molecule has 0 aliphatic heterocycles. The third-order valence-corrected chi connectivity index (χ3v) is 4.04. The lowest BCUT2D eigenvalue weighted by molar-refractivity contribution is -0.125. The monoisotopic (exact) mass is 178 g/mol. The molecular formula is C12H18O. The number of hydrogen-bond acceptors (Lipinski definition) is 1. The van der Waals surface area contributed by atoms with Gasteiger partial charge in [-0.15, -0.1) is 0 Å². The average Bonchev–Trinajstić information content (AvgIpc) is 2.29. The van der Waals surface area contributed by atoms with Crippen molar-refractivity contribution in [2.45, 2.75) is 40.0 Å². The molecule has 2 rings (SSSR count). The van der Waals surface area contributed by atoms with Crippen molar-refractivity contribution in [3.05, 3.63) is 12.2 Å². The standard InChI is InChI=1S/C12H18O/c1-11(2)7-4-8-12(3)9(11)5-6-10(12)13/h4,8-9H,5-7H2,1-3H3. The number of Topliss-reactive ketones (excluding diaryl/α,β-unsaturated/α-hetero) is 1. The van der Waals surface area contributed by atoms with Gasteiger partial charge in [0.2, 0.25) is 0 Å². The van der Waals surface area contributed by atoms with Gasteiger partial charge in [-0.3, -0.25) is 4.79 Å². The Bertz CT molecular complexity index is 275. The average molecular weight is 178 g/mol. The predicted octanol–water partition coefficient (Wildman–Crippen LogP) is 2.96. The second-order valence-electron chi connectivity index (χ2n) is 5.39. The molecule has 2 aliphatic rings. The van der Waals surface area contributed by atoms with E-state index in [2.05, 4.69) is 32.9 Å². The molecule has 0 aromatic carbocycles. The van der Waals surface area contributed by atoms with Crippen LogP contribution in [0.5, 0.6) is 0 Å². The zero-order valence-electron chi connectivity index (χ0n) is 8.76. The molecule has 0 amide bonds. The maximum atomic E-state index is 11.8. The first kappa shape index (κ1) is 8.98. The highest BCUT2D eigenvalue weighted by Crippen LogP contribution is 2.54. The van der Waals surface area contributed by atoms with Crippen molar-refractivity contribution in [2.24, 2.45) is 16.7 Å². The Morgan fingerprint density at radius 1 is 1.38 bits per heavy atom. The van der Waals surface area contributed by atoms with E-state index in [4.69, 9.17) is 0 Å². The van der Waals surface area contributed by atoms with E-state index in [1.54, 1.807) is 0 Å². The van der Waals surface area contributed by atoms with Gasteiger partial charge >= 0.3 is 0 Å². The van der Waals surface area contributed by atoms with E-state index in [0.717, 1.165) is 19.3 Å². The fourth-order valence-electron chi connectivity index (χ4n) is 3.20. The second kappa shape index (κ2) is 2.46. The van der Waals surface area contributed by atoms with Crippen molar-refractivity contribution in [1.82, 2.24) is 0 Å². The highest BCUT2D eigenvalue weighted by molar-refractivity contribution is 5.89. The predicted molar refractivity (Wildman–Crippen MR) is 53.4 cm³/mol. The normalized spacial score (nSPS) is 42.1. The van der Waals surface area contributed by atoms with E-state index in [-0.39, 0.29) is 5.41 Å². The van der Waals surface area contributed by atoms with Crippen LogP contribution in [0.4, 0.5) is 0 Å². The lowest BCUT2D eigenvalue weighted by Gasteiger charge is -2.42. The first-order valence-electron chi connectivity index (χ1n) is 5.18. The summed E-state index contributed by atoms with van der Waals surface area (Å²) in [5.74, 6) is 1.01. The van der Waals surface area contributed by atoms with Crippen molar-refractivity contribution in [3.63, 3.8) is 0 Å². The van der Waals surface area contributed by atoms with Crippen molar-refractivity contribution in [2.75, 3.05) is 0 Å². The van der Waals surface area contributed by atoms with Crippen LogP contribution < -0.4 is 0 Å². The third-order valence-electron chi connectivity index (χ3n) is 4.04. The first-order chi connectivity index (χ1) is 5.97. The summed E-state index contributed by atoms with van der Waals surface area (Å²) < 4.78 is 0. The number of carbonyl (C=O) groups excluding carboxylic acids is 1. The maximum absolute atomic E-state index is 11.8. The summed E-state index contributed by atoms with van der Waals surface area (Å²) in [5, 5.41) is 0. The molecule has 0 saturated heterocycles. The lowest BCUT2D eigenvalue weighted by Crippen LogP contribution is -2.38. The first-order valence-corrected chi connectivity index (χ1v) is 5.18. The van der Waals surface area contributed by atoms with E-state index < -0.39 is 0 Å². The quantitative estimate of drug-likeness (QED) is 0.521. The molecule has 2 atom stereocenters. The molecule has 0 spiro atoms. The Hall–Kier alpha value is -0.590. The molecule has 13 heavy (non-hydrogen) atoms. The van der Waals surface area contributed by atoms with Gasteiger partial charge in [-0.1, -0.05) is 26.0 Å². The fraction of sp³-hybridized carbons (Fsp3) is 0.750. The van der Waals surface area contributed by atoms with Gasteiger partial charge in [0.05, 0.1) is 0 Å². The summed E-state index contributed by atoms with van der Waals surface area (Å²) in [6.45, 7) is 6.69. The van der Waals surface area contributed by atoms with Crippen LogP contribution in [0.2, 0.25) is 0 Å². The van der Waals surface area contributed by atoms with Gasteiger partial charge in [-0.05, 0) is 31.1 Å². The molecule has 2 aliphatic carbocycles. The Labute approximate surface area is 80.2 Å². The van der Waals surface area contributed by atoms with Crippen molar-refractivity contribution >= 4 is 5.78 Å². The van der Waals surface area contributed by atoms with Crippen LogP contribution >= 0.6 is 0 Å². The molecule has 72 valence electrons. The van der Waals surface area contributed by atoms with Crippen LogP contribution in [-0.2, 0) is 4.79 Å². The maximum Gasteiger partial charge on any atom is 0.142 e. The topological polar surface area (TPSA) is 17.1 Å². The number of rotatable bonds is 0. The highest BCUT2D eigenvalue weighted by Gasteiger charge is 2.51. The Morgan fingerprint density at radius 3 is 2.69 bits per heavy atom. The smallest absolute Gasteiger partial charge is 0.142 e. The summed E-state index contributed by atoms with van der Waals surface area (Å²) in [5.41, 5.74) is 0.178. The van der Waals surface area contributed by atoms with Gasteiger partial charge < -0.3 is 0 Å². The Morgan fingerprint density at radius 2 is 2.08 bits per heavy atom. The van der Waals surface area contributed by atoms with E-state index in [9.17, 15) is 4.79 Å². The van der Waals surface area contributed by atoms with E-state index in [1.807, 2.05) is 0 Å². The molecule has 2 unspecified atom stereocenters. The van der Waals surface area contributed by atoms with Crippen LogP contribution in [0.1, 0.15) is 40.0 Å². The van der Waals surface area contributed by atoms with Crippen LogP contribution in [0.25, 0.3) is 0 Å². The summed E-state index contributed by atoms with van der Waals surface area (Å²) in [6, 6.07) is 0. The molecule has 0 heterocycles. The number of allylic oxidation sites excluding steroid dienone is 2. The van der Waals surface area contributed by atoms with Crippen LogP contribution in [0.3, 0.4) is 0 Å². The molecule has 1 saturated carbocycles. The van der Waals surface area contributed by atoms with Crippen molar-refractivity contribution in [3.8, 4) is 0 Å². The Kier molecular flexibility index (Phi) is 1.70. The molecular weight excluding hydrogens is 160 g/mol. The fourth-order valence-corrected chi connectivity index (χ4v) is 3.20. The lowest BCUT2D eigenvalue weighted by atomic mass is 9.61. The summed E-state index contributed by atoms with van der Waals surface area (Å²) in [6.07, 6.45) is 7.35. The zero-order chi connectivity index (χ0) is 9.69. The molecule has 0 bridgehead atoms. The molecule has 0 N–H and O–H groups in total. The molecule has 0 aromatic heterocycles. The van der Waals surface area contributed by atoms with E-state index in [1.165, 1.54) is 0 Å². The minimum absolute atomic E-state index is 0.137. The molecule has 0 aromatic rings. The minimum atomic E-state index is -0.137. The number of ketones is 1. The van der Waals surface area contributed by atoms with Gasteiger partial charge in [-0.2, -0.15) is 0 Å². The van der Waals surface area contributed by atoms with Crippen molar-refractivity contribution in [1.29, 1.82) is 0 Å². The van der Waals surface area contributed by atoms with Crippen molar-refractivity contribution < 1.29 is 4.79 Å². The molecule has 1 fully saturated rings. The van der Waals surface area contributed by atoms with Gasteiger partial charge in [-0.25, -0.2) is 0 Å². The number of hydrogen-bond donors (Lipinski definition) is 0. The van der Waals surface area contributed by atoms with Crippen LogP contribution in [0.15, 0.2) is 12.2 Å². The summed E-state index contributed by atoms with van der Waals surface area (Å²) in [4.78, 5) is 11.8. The molecule has 0 radical (unpaired) electrons. The SMILES string of the molecule is CC1(C)CC=CC2(C)C(=O)CCC12. The molecule has 1 nitrogen and oxygen atoms in total. The minimum Gasteiger partial charge on any atom is -0.299 e. The van der Waals surface area contributed by atoms with Gasteiger partial charge in [0.15, 0.2) is 0 Å². The summed E-state index contributed by atoms with van der Waals surface area (Å²) >= 11 is 0. The summed E-state index contributed by atoms with van der Waals surface area (Å²) in [7, 11) is 0. The van der Waals surface area contributed by atoms with Crippen LogP contribution in [0, 0.1) is 16.7 Å². The zero-order valence-corrected chi connectivity index (χ0v) is 8.76. The van der Waals surface area contributed by atoms with E-state index >= 15 is 0 Å². The van der Waals surface area contributed by atoms with E-state index in [0.29, 0.717) is 17.1 Å². The molecule has 1 heteroatoms. The second-order valence-corrected chi connectivity index (χ2v) is 5.39. The van der Waals surface area contributed by atoms with Gasteiger partial charge in [0.1, 0.15) is 5.78 Å². The van der Waals surface area contributed by atoms with Gasteiger partial charge in [0, 0.05) is 11.8 Å². The third kappa shape index (κ3) is 1.09. The number of carbonyl (C=O) groups is 1. The number of fused-ring (bicyclic) bond motifs is 1. The van der Waals surface area contributed by atoms with Gasteiger partial charge in [0.25, 0.3) is 0 Å². The Balaban J connectivity index is 2.44. The highest BCUT2D eigenvalue weighted by atomic mass is 16.1. The van der Waals surface area contributed by atoms with Crippen LogP contribution in [-0.4, -0.2) is 5.78 Å². The largest absolute Gasteiger partial charge is 0.299 e.